The fourth-order valence-electron chi connectivity index (χ4n) is 9.73. The molecule has 6 aliphatic rings. The van der Waals surface area contributed by atoms with E-state index in [1.165, 1.54) is 25.7 Å². The molecule has 0 N–H and O–H groups in total. The van der Waals surface area contributed by atoms with Crippen molar-refractivity contribution in [2.45, 2.75) is 106 Å². The molecule has 0 unspecified atom stereocenters. The minimum atomic E-state index is -0.547. The second-order valence-electron chi connectivity index (χ2n) is 14.0. The van der Waals surface area contributed by atoms with Gasteiger partial charge >= 0.3 is 5.97 Å². The molecule has 3 heterocycles. The molecule has 34 heavy (non-hydrogen) atoms. The van der Waals surface area contributed by atoms with Gasteiger partial charge in [0.2, 0.25) is 6.29 Å². The van der Waals surface area contributed by atoms with E-state index in [0.29, 0.717) is 42.5 Å². The standard InChI is InChI=1S/C30H46O4/c1-18(2)14-20(31)15-19(3)21-10-12-30(7)23-8-9-24-27(4,22(23)11-13-29(21,30)6)16-25-33-17-28(24,5)26(32)34-25/h8,18-19,21-22,24-25H,9-17H2,1-7H3/t19-,21-,22+,24+,25+,27+,28+,29-,30+/m0/s1. The molecule has 3 aliphatic heterocycles. The van der Waals surface area contributed by atoms with E-state index in [1.807, 2.05) is 0 Å². The lowest BCUT2D eigenvalue weighted by Crippen LogP contribution is -2.55. The van der Waals surface area contributed by atoms with Gasteiger partial charge in [0.05, 0.1) is 12.0 Å². The summed E-state index contributed by atoms with van der Waals surface area (Å²) in [5, 5.41) is 0. The predicted molar refractivity (Wildman–Crippen MR) is 133 cm³/mol. The van der Waals surface area contributed by atoms with E-state index in [4.69, 9.17) is 9.47 Å². The van der Waals surface area contributed by atoms with Crippen molar-refractivity contribution in [1.82, 2.24) is 0 Å². The van der Waals surface area contributed by atoms with Crippen LogP contribution in [0.4, 0.5) is 0 Å². The zero-order chi connectivity index (χ0) is 24.7. The van der Waals surface area contributed by atoms with Gasteiger partial charge in [0, 0.05) is 19.3 Å². The first kappa shape index (κ1) is 24.5. The molecule has 0 radical (unpaired) electrons. The third-order valence-corrected chi connectivity index (χ3v) is 11.7. The lowest BCUT2D eigenvalue weighted by Gasteiger charge is -2.60. The minimum Gasteiger partial charge on any atom is -0.435 e. The van der Waals surface area contributed by atoms with E-state index < -0.39 is 5.41 Å². The highest BCUT2D eigenvalue weighted by molar-refractivity contribution is 5.79. The van der Waals surface area contributed by atoms with Gasteiger partial charge in [0.1, 0.15) is 5.78 Å². The van der Waals surface area contributed by atoms with Crippen LogP contribution in [0.25, 0.3) is 0 Å². The number of allylic oxidation sites excluding steroid dienone is 2. The quantitative estimate of drug-likeness (QED) is 0.330. The lowest BCUT2D eigenvalue weighted by molar-refractivity contribution is -0.219. The molecule has 3 aliphatic carbocycles. The molecule has 2 saturated carbocycles. The van der Waals surface area contributed by atoms with Crippen molar-refractivity contribution in [1.29, 1.82) is 0 Å². The number of hydrogen-bond acceptors (Lipinski definition) is 4. The smallest absolute Gasteiger partial charge is 0.316 e. The number of ether oxygens (including phenoxy) is 2. The molecule has 0 aromatic heterocycles. The summed E-state index contributed by atoms with van der Waals surface area (Å²) in [4.78, 5) is 25.7. The van der Waals surface area contributed by atoms with Crippen molar-refractivity contribution in [2.75, 3.05) is 6.61 Å². The van der Waals surface area contributed by atoms with Gasteiger partial charge in [0.25, 0.3) is 0 Å². The largest absolute Gasteiger partial charge is 0.435 e. The Labute approximate surface area is 206 Å². The Balaban J connectivity index is 1.45. The molecule has 4 nitrogen and oxygen atoms in total. The van der Waals surface area contributed by atoms with E-state index >= 15 is 0 Å². The summed E-state index contributed by atoms with van der Waals surface area (Å²) in [7, 11) is 0. The molecule has 3 saturated heterocycles. The maximum absolute atomic E-state index is 13.0. The van der Waals surface area contributed by atoms with E-state index in [1.54, 1.807) is 5.57 Å². The fraction of sp³-hybridized carbons (Fsp3) is 0.867. The first-order valence-corrected chi connectivity index (χ1v) is 13.9. The molecule has 0 aromatic carbocycles. The minimum absolute atomic E-state index is 0.0213. The highest BCUT2D eigenvalue weighted by Crippen LogP contribution is 2.73. The average Bonchev–Trinajstić information content (AvgIpc) is 2.91. The van der Waals surface area contributed by atoms with Crippen LogP contribution in [0.2, 0.25) is 0 Å². The molecular weight excluding hydrogens is 424 g/mol. The Bertz CT molecular complexity index is 905. The van der Waals surface area contributed by atoms with Gasteiger partial charge in [-0.05, 0) is 84.9 Å². The van der Waals surface area contributed by atoms with Crippen LogP contribution in [0, 0.1) is 51.2 Å². The third kappa shape index (κ3) is 3.26. The normalized spacial score (nSPS) is 48.4. The molecule has 0 aromatic rings. The van der Waals surface area contributed by atoms with Crippen LogP contribution in [0.5, 0.6) is 0 Å². The summed E-state index contributed by atoms with van der Waals surface area (Å²) >= 11 is 0. The third-order valence-electron chi connectivity index (χ3n) is 11.7. The number of esters is 1. The van der Waals surface area contributed by atoms with E-state index in [0.717, 1.165) is 19.3 Å². The van der Waals surface area contributed by atoms with E-state index in [-0.39, 0.29) is 34.4 Å². The van der Waals surface area contributed by atoms with Crippen LogP contribution in [-0.4, -0.2) is 24.6 Å². The molecule has 0 amide bonds. The Morgan fingerprint density at radius 1 is 1.09 bits per heavy atom. The topological polar surface area (TPSA) is 52.6 Å². The number of Topliss-reactive ketones (excluding diaryl/α,β-unsaturated/α-hetero) is 1. The highest BCUT2D eigenvalue weighted by atomic mass is 16.7. The maximum atomic E-state index is 13.0. The van der Waals surface area contributed by atoms with Crippen molar-refractivity contribution >= 4 is 11.8 Å². The molecule has 9 atom stereocenters. The second-order valence-corrected chi connectivity index (χ2v) is 14.0. The summed E-state index contributed by atoms with van der Waals surface area (Å²) in [5.74, 6) is 2.61. The Morgan fingerprint density at radius 2 is 1.82 bits per heavy atom. The Kier molecular flexibility index (Phi) is 5.71. The van der Waals surface area contributed by atoms with E-state index in [2.05, 4.69) is 54.5 Å². The van der Waals surface area contributed by atoms with Gasteiger partial charge in [-0.25, -0.2) is 0 Å². The van der Waals surface area contributed by atoms with Gasteiger partial charge in [-0.1, -0.05) is 53.2 Å². The summed E-state index contributed by atoms with van der Waals surface area (Å²) in [6.07, 6.45) is 10.2. The summed E-state index contributed by atoms with van der Waals surface area (Å²) in [6, 6.07) is 0. The van der Waals surface area contributed by atoms with Gasteiger partial charge in [-0.3, -0.25) is 9.59 Å². The molecule has 6 rings (SSSR count). The molecule has 4 heteroatoms. The van der Waals surface area contributed by atoms with Crippen molar-refractivity contribution in [3.05, 3.63) is 11.6 Å². The zero-order valence-electron chi connectivity index (χ0n) is 22.5. The zero-order valence-corrected chi connectivity index (χ0v) is 22.5. The summed E-state index contributed by atoms with van der Waals surface area (Å²) < 4.78 is 11.8. The van der Waals surface area contributed by atoms with Gasteiger partial charge < -0.3 is 9.47 Å². The average molecular weight is 471 g/mol. The van der Waals surface area contributed by atoms with Crippen LogP contribution in [-0.2, 0) is 19.1 Å². The fourth-order valence-corrected chi connectivity index (χ4v) is 9.73. The van der Waals surface area contributed by atoms with Crippen LogP contribution < -0.4 is 0 Å². The number of ketones is 1. The number of fused-ring (bicyclic) bond motifs is 5. The number of carbonyl (C=O) groups excluding carboxylic acids is 2. The molecule has 190 valence electrons. The summed E-state index contributed by atoms with van der Waals surface area (Å²) in [6.45, 7) is 16.7. The van der Waals surface area contributed by atoms with Crippen molar-refractivity contribution in [3.63, 3.8) is 0 Å². The van der Waals surface area contributed by atoms with Gasteiger partial charge in [-0.2, -0.15) is 0 Å². The Morgan fingerprint density at radius 3 is 2.50 bits per heavy atom. The van der Waals surface area contributed by atoms with Crippen LogP contribution in [0.1, 0.15) is 99.8 Å². The summed E-state index contributed by atoms with van der Waals surface area (Å²) in [5.41, 5.74) is 1.53. The molecule has 0 spiro atoms. The van der Waals surface area contributed by atoms with Crippen molar-refractivity contribution in [2.24, 2.45) is 51.2 Å². The molecular formula is C30H46O4. The first-order valence-electron chi connectivity index (χ1n) is 13.9. The molecule has 5 fully saturated rings. The van der Waals surface area contributed by atoms with Crippen LogP contribution in [0.3, 0.4) is 0 Å². The van der Waals surface area contributed by atoms with Crippen molar-refractivity contribution < 1.29 is 19.1 Å². The first-order chi connectivity index (χ1) is 15.8. The number of carbonyl (C=O) groups is 2. The Hall–Kier alpha value is -1.16. The molecule has 2 bridgehead atoms. The van der Waals surface area contributed by atoms with Crippen LogP contribution >= 0.6 is 0 Å². The van der Waals surface area contributed by atoms with Gasteiger partial charge in [-0.15, -0.1) is 0 Å². The van der Waals surface area contributed by atoms with Crippen molar-refractivity contribution in [3.8, 4) is 0 Å². The predicted octanol–water partition coefficient (Wildman–Crippen LogP) is 6.72. The monoisotopic (exact) mass is 470 g/mol. The van der Waals surface area contributed by atoms with E-state index in [9.17, 15) is 9.59 Å². The number of rotatable bonds is 5. The lowest BCUT2D eigenvalue weighted by atomic mass is 9.43. The maximum Gasteiger partial charge on any atom is 0.316 e. The SMILES string of the molecule is CC(C)CC(=O)C[C@H](C)[C@@H]1CC[C@]2(C)C3=CC[C@@H]4[C@](C)(C[C@@H]5OC[C@@]4(C)C(=O)O5)[C@@H]3CC[C@@]12C. The highest BCUT2D eigenvalue weighted by Gasteiger charge is 2.67. The van der Waals surface area contributed by atoms with Gasteiger partial charge in [0.15, 0.2) is 0 Å². The second kappa shape index (κ2) is 7.92. The van der Waals surface area contributed by atoms with Crippen LogP contribution in [0.15, 0.2) is 11.6 Å². The number of hydrogen-bond donors (Lipinski definition) is 0.